The van der Waals surface area contributed by atoms with Gasteiger partial charge in [-0.1, -0.05) is 64.1 Å². The average molecular weight is 527 g/mol. The van der Waals surface area contributed by atoms with Gasteiger partial charge < -0.3 is 10.1 Å². The van der Waals surface area contributed by atoms with Gasteiger partial charge in [0, 0.05) is 15.8 Å². The van der Waals surface area contributed by atoms with E-state index in [1.807, 2.05) is 59.2 Å². The van der Waals surface area contributed by atoms with E-state index in [0.717, 1.165) is 10.2 Å². The summed E-state index contributed by atoms with van der Waals surface area (Å²) >= 11 is 4.65. The minimum absolute atomic E-state index is 0.134. The Morgan fingerprint density at radius 3 is 2.61 bits per heavy atom. The van der Waals surface area contributed by atoms with E-state index in [9.17, 15) is 9.18 Å². The number of anilines is 1. The monoisotopic (exact) mass is 526 g/mol. The Bertz CT molecular complexity index is 1250. The van der Waals surface area contributed by atoms with Gasteiger partial charge in [0.2, 0.25) is 5.91 Å². The first-order valence-electron chi connectivity index (χ1n) is 10.1. The van der Waals surface area contributed by atoms with E-state index in [4.69, 9.17) is 4.74 Å². The molecule has 9 heteroatoms. The largest absolute Gasteiger partial charge is 0.480 e. The van der Waals surface area contributed by atoms with Gasteiger partial charge >= 0.3 is 0 Å². The molecule has 0 aliphatic rings. The van der Waals surface area contributed by atoms with E-state index >= 15 is 0 Å². The fourth-order valence-electron chi connectivity index (χ4n) is 3.13. The number of nitrogens with zero attached hydrogens (tertiary/aromatic N) is 3. The Hall–Kier alpha value is -3.17. The lowest BCUT2D eigenvalue weighted by Gasteiger charge is -2.17. The predicted octanol–water partition coefficient (Wildman–Crippen LogP) is 6.04. The molecule has 1 atom stereocenters. The van der Waals surface area contributed by atoms with Crippen molar-refractivity contribution in [1.82, 2.24) is 14.8 Å². The first kappa shape index (κ1) is 23.0. The number of thioether (sulfide) groups is 1. The van der Waals surface area contributed by atoms with Crippen LogP contribution in [0.15, 0.2) is 88.5 Å². The molecule has 1 heterocycles. The summed E-state index contributed by atoms with van der Waals surface area (Å²) in [5.41, 5.74) is 1.52. The molecule has 33 heavy (non-hydrogen) atoms. The molecule has 0 saturated heterocycles. The summed E-state index contributed by atoms with van der Waals surface area (Å²) in [6.45, 7) is 1.78. The summed E-state index contributed by atoms with van der Waals surface area (Å²) < 4.78 is 22.6. The topological polar surface area (TPSA) is 69.0 Å². The maximum absolute atomic E-state index is 14.1. The number of hydrogen-bond acceptors (Lipinski definition) is 5. The van der Waals surface area contributed by atoms with Crippen molar-refractivity contribution in [2.24, 2.45) is 0 Å². The van der Waals surface area contributed by atoms with Crippen LogP contribution < -0.4 is 10.1 Å². The van der Waals surface area contributed by atoms with Gasteiger partial charge in [-0.05, 0) is 49.4 Å². The fourth-order valence-corrected chi connectivity index (χ4v) is 4.29. The second kappa shape index (κ2) is 10.6. The maximum atomic E-state index is 14.1. The molecule has 0 aliphatic heterocycles. The van der Waals surface area contributed by atoms with Crippen LogP contribution in [0.1, 0.15) is 18.9 Å². The molecule has 4 rings (SSSR count). The van der Waals surface area contributed by atoms with Gasteiger partial charge in [0.25, 0.3) is 0 Å². The third-order valence-electron chi connectivity index (χ3n) is 4.62. The van der Waals surface area contributed by atoms with E-state index in [2.05, 4.69) is 31.4 Å². The minimum atomic E-state index is -0.584. The summed E-state index contributed by atoms with van der Waals surface area (Å²) in [6, 6.07) is 23.1. The van der Waals surface area contributed by atoms with Crippen LogP contribution in [0.3, 0.4) is 0 Å². The molecule has 1 aromatic heterocycles. The fraction of sp³-hybridized carbons (Fsp3) is 0.125. The third kappa shape index (κ3) is 5.80. The molecule has 6 nitrogen and oxygen atoms in total. The quantitative estimate of drug-likeness (QED) is 0.283. The molecule has 1 N–H and O–H groups in total. The van der Waals surface area contributed by atoms with Crippen molar-refractivity contribution >= 4 is 39.3 Å². The van der Waals surface area contributed by atoms with Crippen molar-refractivity contribution in [2.75, 3.05) is 11.1 Å². The Morgan fingerprint density at radius 1 is 1.09 bits per heavy atom. The predicted molar refractivity (Wildman–Crippen MR) is 130 cm³/mol. The number of carbonyl (C=O) groups is 1. The molecule has 0 bridgehead atoms. The first-order chi connectivity index (χ1) is 16.0. The zero-order valence-electron chi connectivity index (χ0n) is 17.6. The van der Waals surface area contributed by atoms with Gasteiger partial charge in [0.05, 0.1) is 5.75 Å². The first-order valence-corrected chi connectivity index (χ1v) is 11.9. The number of para-hydroxylation sites is 2. The standard InChI is InChI=1S/C24H20BrFN4O2S/c1-16(32-21-13-6-5-12-20(21)26)23-28-29-24(30(23)19-10-3-2-4-11-19)33-15-22(31)27-18-9-7-8-17(25)14-18/h2-14,16H,15H2,1H3,(H,27,31). The van der Waals surface area contributed by atoms with Crippen molar-refractivity contribution in [2.45, 2.75) is 18.2 Å². The van der Waals surface area contributed by atoms with E-state index in [1.165, 1.54) is 17.8 Å². The molecule has 0 fully saturated rings. The van der Waals surface area contributed by atoms with Crippen molar-refractivity contribution in [3.05, 3.63) is 95.0 Å². The molecule has 0 spiro atoms. The third-order valence-corrected chi connectivity index (χ3v) is 6.04. The van der Waals surface area contributed by atoms with E-state index in [0.29, 0.717) is 16.7 Å². The van der Waals surface area contributed by atoms with Crippen LogP contribution in [-0.2, 0) is 4.79 Å². The summed E-state index contributed by atoms with van der Waals surface area (Å²) in [7, 11) is 0. The molecule has 0 radical (unpaired) electrons. The maximum Gasteiger partial charge on any atom is 0.234 e. The van der Waals surface area contributed by atoms with Gasteiger partial charge in [-0.2, -0.15) is 0 Å². The van der Waals surface area contributed by atoms with Crippen molar-refractivity contribution < 1.29 is 13.9 Å². The molecule has 1 amide bonds. The molecular weight excluding hydrogens is 507 g/mol. The van der Waals surface area contributed by atoms with Crippen LogP contribution in [0.2, 0.25) is 0 Å². The van der Waals surface area contributed by atoms with E-state index in [-0.39, 0.29) is 17.4 Å². The lowest BCUT2D eigenvalue weighted by Crippen LogP contribution is -2.15. The number of benzene rings is 3. The van der Waals surface area contributed by atoms with Crippen LogP contribution in [-0.4, -0.2) is 26.4 Å². The number of hydrogen-bond donors (Lipinski definition) is 1. The van der Waals surface area contributed by atoms with Gasteiger partial charge in [0.1, 0.15) is 0 Å². The smallest absolute Gasteiger partial charge is 0.234 e. The number of halogens is 2. The summed E-state index contributed by atoms with van der Waals surface area (Å²) in [5.74, 6) is 0.154. The number of carbonyl (C=O) groups excluding carboxylic acids is 1. The van der Waals surface area contributed by atoms with E-state index < -0.39 is 11.9 Å². The second-order valence-electron chi connectivity index (χ2n) is 7.05. The highest BCUT2D eigenvalue weighted by atomic mass is 79.9. The summed E-state index contributed by atoms with van der Waals surface area (Å²) in [5, 5.41) is 12.0. The normalized spacial score (nSPS) is 11.7. The number of rotatable bonds is 8. The number of aromatic nitrogens is 3. The van der Waals surface area contributed by atoms with Gasteiger partial charge in [-0.15, -0.1) is 10.2 Å². The summed E-state index contributed by atoms with van der Waals surface area (Å²) in [6.07, 6.45) is -0.584. The lowest BCUT2D eigenvalue weighted by atomic mass is 10.3. The Kier molecular flexibility index (Phi) is 7.41. The van der Waals surface area contributed by atoms with Crippen LogP contribution in [0, 0.1) is 5.82 Å². The van der Waals surface area contributed by atoms with Crippen molar-refractivity contribution in [3.8, 4) is 11.4 Å². The highest BCUT2D eigenvalue weighted by Crippen LogP contribution is 2.29. The Labute approximate surface area is 203 Å². The molecule has 168 valence electrons. The number of nitrogens with one attached hydrogen (secondary N) is 1. The molecular formula is C24H20BrFN4O2S. The van der Waals surface area contributed by atoms with Gasteiger partial charge in [-0.25, -0.2) is 4.39 Å². The highest BCUT2D eigenvalue weighted by molar-refractivity contribution is 9.10. The molecule has 0 aliphatic carbocycles. The van der Waals surface area contributed by atoms with Crippen LogP contribution in [0.25, 0.3) is 5.69 Å². The number of amides is 1. The van der Waals surface area contributed by atoms with Gasteiger partial charge in [-0.3, -0.25) is 9.36 Å². The van der Waals surface area contributed by atoms with Crippen LogP contribution in [0.4, 0.5) is 10.1 Å². The Morgan fingerprint density at radius 2 is 1.85 bits per heavy atom. The Balaban J connectivity index is 1.55. The number of ether oxygens (including phenoxy) is 1. The highest BCUT2D eigenvalue weighted by Gasteiger charge is 2.22. The molecule has 3 aromatic carbocycles. The summed E-state index contributed by atoms with van der Waals surface area (Å²) in [4.78, 5) is 12.5. The van der Waals surface area contributed by atoms with Crippen LogP contribution >= 0.6 is 27.7 Å². The zero-order chi connectivity index (χ0) is 23.2. The SMILES string of the molecule is CC(Oc1ccccc1F)c1nnc(SCC(=O)Nc2cccc(Br)c2)n1-c1ccccc1. The second-order valence-corrected chi connectivity index (χ2v) is 8.91. The van der Waals surface area contributed by atoms with Gasteiger partial charge in [0.15, 0.2) is 28.7 Å². The minimum Gasteiger partial charge on any atom is -0.480 e. The lowest BCUT2D eigenvalue weighted by molar-refractivity contribution is -0.113. The van der Waals surface area contributed by atoms with Crippen LogP contribution in [0.5, 0.6) is 5.75 Å². The van der Waals surface area contributed by atoms with Crippen molar-refractivity contribution in [3.63, 3.8) is 0 Å². The molecule has 4 aromatic rings. The zero-order valence-corrected chi connectivity index (χ0v) is 20.0. The average Bonchev–Trinajstić information content (AvgIpc) is 3.24. The molecule has 0 saturated carbocycles. The molecule has 1 unspecified atom stereocenters. The van der Waals surface area contributed by atoms with E-state index in [1.54, 1.807) is 25.1 Å². The van der Waals surface area contributed by atoms with Crippen molar-refractivity contribution in [1.29, 1.82) is 0 Å².